The summed E-state index contributed by atoms with van der Waals surface area (Å²) in [7, 11) is 0. The van der Waals surface area contributed by atoms with Crippen molar-refractivity contribution in [2.75, 3.05) is 0 Å². The molecule has 0 aliphatic carbocycles. The van der Waals surface area contributed by atoms with E-state index >= 15 is 0 Å². The Hall–Kier alpha value is -0.980. The molecule has 2 unspecified atom stereocenters. The van der Waals surface area contributed by atoms with Crippen molar-refractivity contribution in [1.29, 1.82) is 0 Å². The minimum atomic E-state index is -0.383. The van der Waals surface area contributed by atoms with Crippen LogP contribution < -0.4 is 0 Å². The average Bonchev–Trinajstić information content (AvgIpc) is 2.47. The molecule has 2 rings (SSSR count). The van der Waals surface area contributed by atoms with Gasteiger partial charge in [0.25, 0.3) is 0 Å². The van der Waals surface area contributed by atoms with Gasteiger partial charge in [0.15, 0.2) is 0 Å². The molecule has 0 amide bonds. The second kappa shape index (κ2) is 6.20. The van der Waals surface area contributed by atoms with Crippen LogP contribution in [0.4, 0.5) is 0 Å². The van der Waals surface area contributed by atoms with E-state index in [1.54, 1.807) is 0 Å². The predicted molar refractivity (Wildman–Crippen MR) is 88.5 cm³/mol. The zero-order valence-corrected chi connectivity index (χ0v) is 13.5. The summed E-state index contributed by atoms with van der Waals surface area (Å²) in [5.74, 6) is 0. The highest BCUT2D eigenvalue weighted by molar-refractivity contribution is 6.24. The monoisotopic (exact) mass is 306 g/mol. The molecule has 0 radical (unpaired) electrons. The van der Waals surface area contributed by atoms with Gasteiger partial charge in [-0.1, -0.05) is 60.7 Å². The molecule has 0 aliphatic heterocycles. The van der Waals surface area contributed by atoms with Crippen molar-refractivity contribution in [2.45, 2.75) is 36.4 Å². The van der Waals surface area contributed by atoms with Crippen LogP contribution in [0.5, 0.6) is 0 Å². The van der Waals surface area contributed by atoms with Gasteiger partial charge in [0.2, 0.25) is 0 Å². The van der Waals surface area contributed by atoms with E-state index in [1.807, 2.05) is 36.4 Å². The Morgan fingerprint density at radius 3 is 1.25 bits per heavy atom. The second-order valence-corrected chi connectivity index (χ2v) is 7.30. The molecule has 2 aromatic rings. The van der Waals surface area contributed by atoms with E-state index in [0.717, 1.165) is 24.0 Å². The van der Waals surface area contributed by atoms with Crippen molar-refractivity contribution in [2.24, 2.45) is 0 Å². The largest absolute Gasteiger partial charge is 0.114 e. The van der Waals surface area contributed by atoms with Gasteiger partial charge in [0.05, 0.1) is 9.75 Å². The quantitative estimate of drug-likeness (QED) is 0.588. The molecular weight excluding hydrogens is 287 g/mol. The topological polar surface area (TPSA) is 0 Å². The Bertz CT molecular complexity index is 478. The third kappa shape index (κ3) is 3.77. The number of alkyl halides is 2. The fraction of sp³-hybridized carbons (Fsp3) is 0.333. The molecule has 2 aromatic carbocycles. The summed E-state index contributed by atoms with van der Waals surface area (Å²) in [5, 5.41) is 0. The summed E-state index contributed by atoms with van der Waals surface area (Å²) in [6.07, 6.45) is 1.65. The van der Waals surface area contributed by atoms with Crippen LogP contribution in [0, 0.1) is 0 Å². The predicted octanol–water partition coefficient (Wildman–Crippen LogP) is 6.08. The molecule has 0 saturated heterocycles. The lowest BCUT2D eigenvalue weighted by atomic mass is 9.88. The third-order valence-corrected chi connectivity index (χ3v) is 4.63. The van der Waals surface area contributed by atoms with Gasteiger partial charge >= 0.3 is 0 Å². The normalized spacial score (nSPS) is 17.2. The molecule has 106 valence electrons. The maximum Gasteiger partial charge on any atom is 0.0667 e. The second-order valence-electron chi connectivity index (χ2n) is 5.63. The first-order valence-corrected chi connectivity index (χ1v) is 7.66. The highest BCUT2D eigenvalue weighted by atomic mass is 35.5. The standard InChI is InChI=1S/C18H20Cl2/c1-17(19,15-9-5-3-6-10-15)13-14-18(2,20)16-11-7-4-8-12-16/h3-12H,13-14H2,1-2H3. The van der Waals surface area contributed by atoms with E-state index in [1.165, 1.54) is 0 Å². The van der Waals surface area contributed by atoms with Crippen LogP contribution in [0.15, 0.2) is 60.7 Å². The molecule has 0 nitrogen and oxygen atoms in total. The smallest absolute Gasteiger partial charge is 0.0667 e. The van der Waals surface area contributed by atoms with Crippen LogP contribution in [-0.4, -0.2) is 0 Å². The first kappa shape index (κ1) is 15.4. The highest BCUT2D eigenvalue weighted by Gasteiger charge is 2.30. The molecule has 0 N–H and O–H groups in total. The van der Waals surface area contributed by atoms with Crippen LogP contribution in [0.3, 0.4) is 0 Å². The lowest BCUT2D eigenvalue weighted by Gasteiger charge is -2.29. The van der Waals surface area contributed by atoms with E-state index in [2.05, 4.69) is 38.1 Å². The van der Waals surface area contributed by atoms with Crippen LogP contribution in [-0.2, 0) is 9.75 Å². The molecule has 20 heavy (non-hydrogen) atoms. The van der Waals surface area contributed by atoms with Crippen LogP contribution in [0.25, 0.3) is 0 Å². The number of rotatable bonds is 5. The molecule has 2 atom stereocenters. The molecular formula is C18H20Cl2. The third-order valence-electron chi connectivity index (χ3n) is 3.82. The van der Waals surface area contributed by atoms with Crippen LogP contribution >= 0.6 is 23.2 Å². The van der Waals surface area contributed by atoms with Gasteiger partial charge in [0, 0.05) is 0 Å². The van der Waals surface area contributed by atoms with E-state index in [4.69, 9.17) is 23.2 Å². The fourth-order valence-electron chi connectivity index (χ4n) is 2.33. The molecule has 0 fully saturated rings. The SMILES string of the molecule is CC(Cl)(CCC(C)(Cl)c1ccccc1)c1ccccc1. The van der Waals surface area contributed by atoms with Crippen LogP contribution in [0.1, 0.15) is 37.8 Å². The summed E-state index contributed by atoms with van der Waals surface area (Å²) in [4.78, 5) is -0.765. The Morgan fingerprint density at radius 1 is 0.650 bits per heavy atom. The number of benzene rings is 2. The maximum atomic E-state index is 6.70. The Balaban J connectivity index is 2.08. The molecule has 0 aromatic heterocycles. The van der Waals surface area contributed by atoms with Crippen LogP contribution in [0.2, 0.25) is 0 Å². The van der Waals surface area contributed by atoms with E-state index in [9.17, 15) is 0 Å². The maximum absolute atomic E-state index is 6.70. The lowest BCUT2D eigenvalue weighted by Crippen LogP contribution is -2.20. The lowest BCUT2D eigenvalue weighted by molar-refractivity contribution is 0.498. The van der Waals surface area contributed by atoms with Crippen molar-refractivity contribution in [1.82, 2.24) is 0 Å². The van der Waals surface area contributed by atoms with Gasteiger partial charge in [-0.05, 0) is 37.8 Å². The van der Waals surface area contributed by atoms with Gasteiger partial charge in [-0.3, -0.25) is 0 Å². The van der Waals surface area contributed by atoms with Gasteiger partial charge in [-0.2, -0.15) is 0 Å². The minimum Gasteiger partial charge on any atom is -0.114 e. The summed E-state index contributed by atoms with van der Waals surface area (Å²) in [6, 6.07) is 20.4. The highest BCUT2D eigenvalue weighted by Crippen LogP contribution is 2.40. The number of hydrogen-bond donors (Lipinski definition) is 0. The van der Waals surface area contributed by atoms with Gasteiger partial charge in [0.1, 0.15) is 0 Å². The molecule has 2 heteroatoms. The van der Waals surface area contributed by atoms with Crippen molar-refractivity contribution in [3.8, 4) is 0 Å². The fourth-order valence-corrected chi connectivity index (χ4v) is 2.77. The summed E-state index contributed by atoms with van der Waals surface area (Å²) < 4.78 is 0. The summed E-state index contributed by atoms with van der Waals surface area (Å²) in [5.41, 5.74) is 2.28. The van der Waals surface area contributed by atoms with E-state index < -0.39 is 0 Å². The van der Waals surface area contributed by atoms with E-state index in [-0.39, 0.29) is 9.75 Å². The molecule has 0 heterocycles. The molecule has 0 bridgehead atoms. The summed E-state index contributed by atoms with van der Waals surface area (Å²) in [6.45, 7) is 4.11. The first-order chi connectivity index (χ1) is 9.42. The zero-order valence-electron chi connectivity index (χ0n) is 11.9. The van der Waals surface area contributed by atoms with E-state index in [0.29, 0.717) is 0 Å². The Labute approximate surface area is 131 Å². The number of hydrogen-bond acceptors (Lipinski definition) is 0. The molecule has 0 spiro atoms. The minimum absolute atomic E-state index is 0.383. The number of halogens is 2. The first-order valence-electron chi connectivity index (χ1n) is 6.91. The van der Waals surface area contributed by atoms with Crippen molar-refractivity contribution >= 4 is 23.2 Å². The Morgan fingerprint density at radius 2 is 0.950 bits per heavy atom. The Kier molecular flexibility index (Phi) is 4.78. The summed E-state index contributed by atoms with van der Waals surface area (Å²) >= 11 is 13.4. The molecule has 0 aliphatic rings. The van der Waals surface area contributed by atoms with Gasteiger partial charge in [-0.15, -0.1) is 23.2 Å². The van der Waals surface area contributed by atoms with Gasteiger partial charge in [-0.25, -0.2) is 0 Å². The van der Waals surface area contributed by atoms with Crippen molar-refractivity contribution < 1.29 is 0 Å². The molecule has 0 saturated carbocycles. The van der Waals surface area contributed by atoms with Crippen molar-refractivity contribution in [3.05, 3.63) is 71.8 Å². The van der Waals surface area contributed by atoms with Gasteiger partial charge < -0.3 is 0 Å². The average molecular weight is 307 g/mol. The van der Waals surface area contributed by atoms with Crippen molar-refractivity contribution in [3.63, 3.8) is 0 Å². The zero-order chi connectivity index (χ0) is 14.6.